The van der Waals surface area contributed by atoms with Crippen molar-refractivity contribution in [2.45, 2.75) is 18.7 Å². The van der Waals surface area contributed by atoms with Crippen molar-refractivity contribution in [1.29, 1.82) is 0 Å². The molecule has 6 nitrogen and oxygen atoms in total. The van der Waals surface area contributed by atoms with Crippen LogP contribution >= 0.6 is 0 Å². The molecule has 0 fully saturated rings. The second-order valence-electron chi connectivity index (χ2n) is 5.51. The Kier molecular flexibility index (Phi) is 4.19. The van der Waals surface area contributed by atoms with Crippen molar-refractivity contribution in [2.24, 2.45) is 0 Å². The average Bonchev–Trinajstić information content (AvgIpc) is 2.56. The molecule has 2 aromatic rings. The molecule has 0 saturated heterocycles. The molecule has 0 aromatic heterocycles. The van der Waals surface area contributed by atoms with Crippen LogP contribution in [0.4, 0.5) is 0 Å². The Balaban J connectivity index is 1.90. The first-order chi connectivity index (χ1) is 11.4. The molecular formula is C17H17NO5S. The molecule has 24 heavy (non-hydrogen) atoms. The van der Waals surface area contributed by atoms with Crippen molar-refractivity contribution in [3.8, 4) is 11.5 Å². The summed E-state index contributed by atoms with van der Waals surface area (Å²) in [6.07, 6.45) is 0. The van der Waals surface area contributed by atoms with Gasteiger partial charge in [0.15, 0.2) is 11.5 Å². The van der Waals surface area contributed by atoms with E-state index < -0.39 is 15.9 Å². The number of fused-ring (bicyclic) bond motifs is 1. The summed E-state index contributed by atoms with van der Waals surface area (Å²) in [6, 6.07) is 9.49. The van der Waals surface area contributed by atoms with Crippen LogP contribution in [0.15, 0.2) is 41.3 Å². The molecule has 1 heterocycles. The van der Waals surface area contributed by atoms with E-state index in [1.54, 1.807) is 18.2 Å². The van der Waals surface area contributed by atoms with Crippen LogP contribution in [0.25, 0.3) is 0 Å². The molecule has 0 radical (unpaired) electrons. The second kappa shape index (κ2) is 6.16. The Morgan fingerprint density at radius 1 is 1.04 bits per heavy atom. The zero-order valence-corrected chi connectivity index (χ0v) is 14.1. The van der Waals surface area contributed by atoms with Gasteiger partial charge < -0.3 is 9.47 Å². The fourth-order valence-corrected chi connectivity index (χ4v) is 3.42. The number of aryl methyl sites for hydroxylation is 2. The van der Waals surface area contributed by atoms with Gasteiger partial charge in [0.25, 0.3) is 15.9 Å². The van der Waals surface area contributed by atoms with Gasteiger partial charge in [0.1, 0.15) is 13.2 Å². The minimum Gasteiger partial charge on any atom is -0.486 e. The highest BCUT2D eigenvalue weighted by atomic mass is 32.2. The molecule has 1 aliphatic heterocycles. The number of carbonyl (C=O) groups excluding carboxylic acids is 1. The summed E-state index contributed by atoms with van der Waals surface area (Å²) in [4.78, 5) is 12.5. The lowest BCUT2D eigenvalue weighted by molar-refractivity contribution is 0.0970. The van der Waals surface area contributed by atoms with Gasteiger partial charge in [-0.25, -0.2) is 13.1 Å². The summed E-state index contributed by atoms with van der Waals surface area (Å²) in [6.45, 7) is 4.40. The van der Waals surface area contributed by atoms with E-state index in [4.69, 9.17) is 9.47 Å². The maximum Gasteiger partial charge on any atom is 0.268 e. The molecular weight excluding hydrogens is 330 g/mol. The van der Waals surface area contributed by atoms with Gasteiger partial charge in [-0.3, -0.25) is 4.79 Å². The standard InChI is InChI=1S/C17H17NO5S/c1-11-6-7-13(10-12(11)2)24(20,21)18-17(19)14-4-3-5-15-16(14)23-9-8-22-15/h3-7,10H,8-9H2,1-2H3,(H,18,19). The number of ether oxygens (including phenoxy) is 2. The van der Waals surface area contributed by atoms with E-state index in [1.165, 1.54) is 18.2 Å². The lowest BCUT2D eigenvalue weighted by Crippen LogP contribution is -2.31. The summed E-state index contributed by atoms with van der Waals surface area (Å²) in [5.74, 6) is -0.0652. The van der Waals surface area contributed by atoms with Gasteiger partial charge in [-0.2, -0.15) is 0 Å². The van der Waals surface area contributed by atoms with Gasteiger partial charge in [0, 0.05) is 0 Å². The highest BCUT2D eigenvalue weighted by Crippen LogP contribution is 2.33. The monoisotopic (exact) mass is 347 g/mol. The molecule has 126 valence electrons. The number of hydrogen-bond acceptors (Lipinski definition) is 5. The number of sulfonamides is 1. The van der Waals surface area contributed by atoms with E-state index in [-0.39, 0.29) is 16.2 Å². The summed E-state index contributed by atoms with van der Waals surface area (Å²) < 4.78 is 37.8. The Labute approximate surface area is 140 Å². The molecule has 1 aliphatic rings. The fourth-order valence-electron chi connectivity index (χ4n) is 2.37. The molecule has 1 N–H and O–H groups in total. The second-order valence-corrected chi connectivity index (χ2v) is 7.19. The number of hydrogen-bond donors (Lipinski definition) is 1. The van der Waals surface area contributed by atoms with Gasteiger partial charge in [-0.1, -0.05) is 12.1 Å². The van der Waals surface area contributed by atoms with Gasteiger partial charge in [-0.05, 0) is 49.2 Å². The molecule has 1 amide bonds. The molecule has 0 atom stereocenters. The maximum absolute atomic E-state index is 12.4. The Morgan fingerprint density at radius 2 is 1.79 bits per heavy atom. The van der Waals surface area contributed by atoms with Crippen molar-refractivity contribution in [2.75, 3.05) is 13.2 Å². The van der Waals surface area contributed by atoms with Crippen molar-refractivity contribution in [3.63, 3.8) is 0 Å². The lowest BCUT2D eigenvalue weighted by atomic mass is 10.1. The van der Waals surface area contributed by atoms with Crippen LogP contribution in [0.5, 0.6) is 11.5 Å². The normalized spacial score (nSPS) is 13.4. The third-order valence-electron chi connectivity index (χ3n) is 3.83. The smallest absolute Gasteiger partial charge is 0.268 e. The van der Waals surface area contributed by atoms with Crippen molar-refractivity contribution < 1.29 is 22.7 Å². The molecule has 7 heteroatoms. The number of benzene rings is 2. The number of amides is 1. The van der Waals surface area contributed by atoms with Gasteiger partial charge in [0.2, 0.25) is 0 Å². The summed E-state index contributed by atoms with van der Waals surface area (Å²) in [7, 11) is -3.97. The van der Waals surface area contributed by atoms with Gasteiger partial charge in [0.05, 0.1) is 10.5 Å². The van der Waals surface area contributed by atoms with Crippen LogP contribution in [0, 0.1) is 13.8 Å². The summed E-state index contributed by atoms with van der Waals surface area (Å²) >= 11 is 0. The predicted octanol–water partition coefficient (Wildman–Crippen LogP) is 2.19. The minimum absolute atomic E-state index is 0.0425. The molecule has 0 unspecified atom stereocenters. The van der Waals surface area contributed by atoms with E-state index in [0.717, 1.165) is 11.1 Å². The predicted molar refractivity (Wildman–Crippen MR) is 88.0 cm³/mol. The quantitative estimate of drug-likeness (QED) is 0.920. The van der Waals surface area contributed by atoms with Gasteiger partial charge in [-0.15, -0.1) is 0 Å². The number of nitrogens with one attached hydrogen (secondary N) is 1. The van der Waals surface area contributed by atoms with Crippen LogP contribution in [0.2, 0.25) is 0 Å². The van der Waals surface area contributed by atoms with E-state index in [0.29, 0.717) is 19.0 Å². The molecule has 2 aromatic carbocycles. The topological polar surface area (TPSA) is 81.7 Å². The van der Waals surface area contributed by atoms with Crippen LogP contribution < -0.4 is 14.2 Å². The SMILES string of the molecule is Cc1ccc(S(=O)(=O)NC(=O)c2cccc3c2OCCO3)cc1C. The molecule has 0 saturated carbocycles. The number of rotatable bonds is 3. The van der Waals surface area contributed by atoms with Gasteiger partial charge >= 0.3 is 0 Å². The Bertz CT molecular complexity index is 905. The highest BCUT2D eigenvalue weighted by Gasteiger charge is 2.24. The van der Waals surface area contributed by atoms with Crippen molar-refractivity contribution >= 4 is 15.9 Å². The maximum atomic E-state index is 12.4. The largest absolute Gasteiger partial charge is 0.486 e. The molecule has 0 bridgehead atoms. The van der Waals surface area contributed by atoms with Crippen molar-refractivity contribution in [1.82, 2.24) is 4.72 Å². The van der Waals surface area contributed by atoms with Crippen LogP contribution in [0.3, 0.4) is 0 Å². The fraction of sp³-hybridized carbons (Fsp3) is 0.235. The van der Waals surface area contributed by atoms with Crippen LogP contribution in [-0.2, 0) is 10.0 Å². The van der Waals surface area contributed by atoms with Crippen LogP contribution in [0.1, 0.15) is 21.5 Å². The van der Waals surface area contributed by atoms with Crippen LogP contribution in [-0.4, -0.2) is 27.5 Å². The van der Waals surface area contributed by atoms with E-state index in [9.17, 15) is 13.2 Å². The first kappa shape index (κ1) is 16.3. The van der Waals surface area contributed by atoms with E-state index >= 15 is 0 Å². The first-order valence-electron chi connectivity index (χ1n) is 7.41. The summed E-state index contributed by atoms with van der Waals surface area (Å²) in [5.41, 5.74) is 1.93. The molecule has 0 spiro atoms. The zero-order chi connectivity index (χ0) is 17.3. The number of para-hydroxylation sites is 1. The third-order valence-corrected chi connectivity index (χ3v) is 5.16. The van der Waals surface area contributed by atoms with E-state index in [2.05, 4.69) is 4.72 Å². The first-order valence-corrected chi connectivity index (χ1v) is 8.90. The molecule has 0 aliphatic carbocycles. The Morgan fingerprint density at radius 3 is 2.54 bits per heavy atom. The highest BCUT2D eigenvalue weighted by molar-refractivity contribution is 7.90. The Hall–Kier alpha value is -2.54. The average molecular weight is 347 g/mol. The zero-order valence-electron chi connectivity index (χ0n) is 13.3. The minimum atomic E-state index is -3.97. The third kappa shape index (κ3) is 3.07. The summed E-state index contributed by atoms with van der Waals surface area (Å²) in [5, 5.41) is 0. The lowest BCUT2D eigenvalue weighted by Gasteiger charge is -2.20. The van der Waals surface area contributed by atoms with E-state index in [1.807, 2.05) is 13.8 Å². The van der Waals surface area contributed by atoms with Crippen molar-refractivity contribution in [3.05, 3.63) is 53.1 Å². The molecule has 3 rings (SSSR count). The number of carbonyl (C=O) groups is 1.